The molecule has 0 saturated carbocycles. The molecule has 0 unspecified atom stereocenters. The number of benzene rings is 1. The maximum absolute atomic E-state index is 12.1. The Morgan fingerprint density at radius 2 is 1.81 bits per heavy atom. The molecule has 1 saturated heterocycles. The van der Waals surface area contributed by atoms with Gasteiger partial charge in [-0.05, 0) is 12.1 Å². The van der Waals surface area contributed by atoms with Crippen LogP contribution < -0.4 is 10.2 Å². The van der Waals surface area contributed by atoms with Gasteiger partial charge in [-0.3, -0.25) is 9.59 Å². The molecule has 0 aromatic heterocycles. The topological polar surface area (TPSA) is 53.9 Å². The number of para-hydroxylation sites is 1. The van der Waals surface area contributed by atoms with Crippen LogP contribution in [0.25, 0.3) is 0 Å². The van der Waals surface area contributed by atoms with Crippen LogP contribution in [0.2, 0.25) is 10.0 Å². The molecule has 0 spiro atoms. The highest BCUT2D eigenvalue weighted by Crippen LogP contribution is 2.29. The van der Waals surface area contributed by atoms with E-state index in [1.54, 1.807) is 30.0 Å². The summed E-state index contributed by atoms with van der Waals surface area (Å²) in [6, 6.07) is 5.09. The standard InChI is InChI=1S/C14H17Cl2N3O2/c1-10(20)19-7-5-18(6-8-19)9-13(21)17-14-11(15)3-2-4-12(14)16/h2-4H,5-9H2,1H3,(H,17,21)/p+1. The van der Waals surface area contributed by atoms with Crippen molar-refractivity contribution in [1.29, 1.82) is 0 Å². The van der Waals surface area contributed by atoms with Gasteiger partial charge in [0, 0.05) is 6.92 Å². The van der Waals surface area contributed by atoms with E-state index in [-0.39, 0.29) is 11.8 Å². The van der Waals surface area contributed by atoms with Crippen molar-refractivity contribution in [2.75, 3.05) is 38.0 Å². The number of nitrogens with one attached hydrogen (secondary N) is 2. The minimum atomic E-state index is -0.128. The van der Waals surface area contributed by atoms with Crippen molar-refractivity contribution in [3.63, 3.8) is 0 Å². The van der Waals surface area contributed by atoms with Crippen molar-refractivity contribution in [3.8, 4) is 0 Å². The molecule has 114 valence electrons. The Labute approximate surface area is 133 Å². The van der Waals surface area contributed by atoms with E-state index in [0.717, 1.165) is 18.0 Å². The van der Waals surface area contributed by atoms with Crippen LogP contribution in [0.1, 0.15) is 6.92 Å². The van der Waals surface area contributed by atoms with Gasteiger partial charge in [-0.1, -0.05) is 29.3 Å². The number of carbonyl (C=O) groups is 2. The predicted molar refractivity (Wildman–Crippen MR) is 82.9 cm³/mol. The van der Waals surface area contributed by atoms with Gasteiger partial charge in [0.15, 0.2) is 6.54 Å². The molecule has 1 aromatic rings. The van der Waals surface area contributed by atoms with Crippen LogP contribution in [-0.4, -0.2) is 49.4 Å². The summed E-state index contributed by atoms with van der Waals surface area (Å²) in [4.78, 5) is 26.3. The Balaban J connectivity index is 1.87. The van der Waals surface area contributed by atoms with E-state index in [0.29, 0.717) is 35.4 Å². The van der Waals surface area contributed by atoms with Crippen molar-refractivity contribution in [2.45, 2.75) is 6.92 Å². The van der Waals surface area contributed by atoms with E-state index < -0.39 is 0 Å². The Morgan fingerprint density at radius 3 is 2.33 bits per heavy atom. The van der Waals surface area contributed by atoms with E-state index in [4.69, 9.17) is 23.2 Å². The third kappa shape index (κ3) is 4.33. The van der Waals surface area contributed by atoms with E-state index in [1.807, 2.05) is 0 Å². The first-order valence-electron chi connectivity index (χ1n) is 6.80. The molecule has 0 bridgehead atoms. The second-order valence-electron chi connectivity index (χ2n) is 5.08. The van der Waals surface area contributed by atoms with Crippen LogP contribution in [-0.2, 0) is 9.59 Å². The number of anilines is 1. The van der Waals surface area contributed by atoms with Gasteiger partial charge in [0.1, 0.15) is 0 Å². The van der Waals surface area contributed by atoms with E-state index in [9.17, 15) is 9.59 Å². The summed E-state index contributed by atoms with van der Waals surface area (Å²) in [5, 5.41) is 3.60. The molecule has 1 aliphatic rings. The van der Waals surface area contributed by atoms with Crippen LogP contribution in [0.5, 0.6) is 0 Å². The summed E-state index contributed by atoms with van der Waals surface area (Å²) in [5.74, 6) is -0.0439. The van der Waals surface area contributed by atoms with Crippen molar-refractivity contribution in [3.05, 3.63) is 28.2 Å². The Kier molecular flexibility index (Phi) is 5.45. The van der Waals surface area contributed by atoms with Crippen LogP contribution in [0.3, 0.4) is 0 Å². The normalized spacial score (nSPS) is 15.9. The highest BCUT2D eigenvalue weighted by Gasteiger charge is 2.23. The minimum Gasteiger partial charge on any atom is -0.332 e. The fourth-order valence-electron chi connectivity index (χ4n) is 2.34. The number of rotatable bonds is 3. The van der Waals surface area contributed by atoms with Crippen LogP contribution in [0, 0.1) is 0 Å². The third-order valence-electron chi connectivity index (χ3n) is 3.55. The summed E-state index contributed by atoms with van der Waals surface area (Å²) >= 11 is 12.0. The molecular formula is C14H18Cl2N3O2+. The second kappa shape index (κ2) is 7.11. The zero-order valence-electron chi connectivity index (χ0n) is 11.8. The van der Waals surface area contributed by atoms with Crippen molar-refractivity contribution in [2.24, 2.45) is 0 Å². The Hall–Kier alpha value is -1.30. The second-order valence-corrected chi connectivity index (χ2v) is 5.89. The highest BCUT2D eigenvalue weighted by atomic mass is 35.5. The molecule has 0 aliphatic carbocycles. The molecule has 0 atom stereocenters. The molecule has 1 fully saturated rings. The minimum absolute atomic E-state index is 0.0846. The largest absolute Gasteiger partial charge is 0.332 e. The number of piperazine rings is 1. The molecule has 2 rings (SSSR count). The number of hydrogen-bond acceptors (Lipinski definition) is 2. The van der Waals surface area contributed by atoms with Gasteiger partial charge in [-0.25, -0.2) is 0 Å². The zero-order valence-corrected chi connectivity index (χ0v) is 13.3. The number of halogens is 2. The quantitative estimate of drug-likeness (QED) is 0.856. The molecule has 1 aromatic carbocycles. The average Bonchev–Trinajstić information content (AvgIpc) is 2.43. The summed E-state index contributed by atoms with van der Waals surface area (Å²) in [7, 11) is 0. The molecule has 0 radical (unpaired) electrons. The number of hydrogen-bond donors (Lipinski definition) is 2. The molecule has 21 heavy (non-hydrogen) atoms. The molecule has 1 heterocycles. The first-order chi connectivity index (χ1) is 9.97. The number of amides is 2. The lowest BCUT2D eigenvalue weighted by atomic mass is 10.3. The number of quaternary nitrogens is 1. The molecule has 1 aliphatic heterocycles. The SMILES string of the molecule is CC(=O)N1CC[NH+](CC(=O)Nc2c(Cl)cccc2Cl)CC1. The van der Waals surface area contributed by atoms with Crippen LogP contribution >= 0.6 is 23.2 Å². The van der Waals surface area contributed by atoms with Crippen LogP contribution in [0.4, 0.5) is 5.69 Å². The fourth-order valence-corrected chi connectivity index (χ4v) is 2.83. The van der Waals surface area contributed by atoms with E-state index in [2.05, 4.69) is 5.32 Å². The number of carbonyl (C=O) groups excluding carboxylic acids is 2. The van der Waals surface area contributed by atoms with Gasteiger partial charge >= 0.3 is 0 Å². The molecule has 2 amide bonds. The molecular weight excluding hydrogens is 313 g/mol. The van der Waals surface area contributed by atoms with Gasteiger partial charge < -0.3 is 15.1 Å². The summed E-state index contributed by atoms with van der Waals surface area (Å²) in [6.07, 6.45) is 0. The van der Waals surface area contributed by atoms with Crippen LogP contribution in [0.15, 0.2) is 18.2 Å². The van der Waals surface area contributed by atoms with E-state index in [1.165, 1.54) is 0 Å². The van der Waals surface area contributed by atoms with Crippen molar-refractivity contribution < 1.29 is 14.5 Å². The van der Waals surface area contributed by atoms with E-state index >= 15 is 0 Å². The average molecular weight is 331 g/mol. The summed E-state index contributed by atoms with van der Waals surface area (Å²) < 4.78 is 0. The predicted octanol–water partition coefficient (Wildman–Crippen LogP) is 0.679. The van der Waals surface area contributed by atoms with Gasteiger partial charge in [0.2, 0.25) is 5.91 Å². The summed E-state index contributed by atoms with van der Waals surface area (Å²) in [5.41, 5.74) is 0.451. The fraction of sp³-hybridized carbons (Fsp3) is 0.429. The lowest BCUT2D eigenvalue weighted by molar-refractivity contribution is -0.895. The maximum Gasteiger partial charge on any atom is 0.279 e. The zero-order chi connectivity index (χ0) is 15.4. The smallest absolute Gasteiger partial charge is 0.279 e. The number of nitrogens with zero attached hydrogens (tertiary/aromatic N) is 1. The molecule has 2 N–H and O–H groups in total. The Bertz CT molecular complexity index is 523. The highest BCUT2D eigenvalue weighted by molar-refractivity contribution is 6.39. The van der Waals surface area contributed by atoms with Gasteiger partial charge in [0.25, 0.3) is 5.91 Å². The van der Waals surface area contributed by atoms with Crippen molar-refractivity contribution in [1.82, 2.24) is 4.90 Å². The molecule has 7 heteroatoms. The van der Waals surface area contributed by atoms with Gasteiger partial charge in [0.05, 0.1) is 41.9 Å². The lowest BCUT2D eigenvalue weighted by Crippen LogP contribution is -3.15. The van der Waals surface area contributed by atoms with Gasteiger partial charge in [-0.15, -0.1) is 0 Å². The molecule has 5 nitrogen and oxygen atoms in total. The first kappa shape index (κ1) is 16.1. The maximum atomic E-state index is 12.1. The monoisotopic (exact) mass is 330 g/mol. The Morgan fingerprint density at radius 1 is 1.24 bits per heavy atom. The van der Waals surface area contributed by atoms with Crippen molar-refractivity contribution >= 4 is 40.7 Å². The lowest BCUT2D eigenvalue weighted by Gasteiger charge is -2.31. The van der Waals surface area contributed by atoms with Gasteiger partial charge in [-0.2, -0.15) is 0 Å². The summed E-state index contributed by atoms with van der Waals surface area (Å²) in [6.45, 7) is 4.81. The first-order valence-corrected chi connectivity index (χ1v) is 7.56. The third-order valence-corrected chi connectivity index (χ3v) is 4.18.